The number of benzene rings is 6. The number of aromatic hydroxyl groups is 1. The van der Waals surface area contributed by atoms with Gasteiger partial charge in [-0.05, 0) is 258 Å². The number of imidazole rings is 3. The third kappa shape index (κ3) is 15.6. The summed E-state index contributed by atoms with van der Waals surface area (Å²) >= 11 is 18.8. The molecule has 3 amide bonds. The van der Waals surface area contributed by atoms with Crippen molar-refractivity contribution in [2.24, 2.45) is 0 Å². The van der Waals surface area contributed by atoms with Crippen molar-refractivity contribution in [3.63, 3.8) is 0 Å². The number of phenols is 1. The number of fused-ring (bicyclic) bond motifs is 9. The molecule has 9 aromatic rings. The molecule has 0 radical (unpaired) electrons. The molecule has 6 aromatic carbocycles. The first kappa shape index (κ1) is 78.1. The van der Waals surface area contributed by atoms with Gasteiger partial charge in [-0.2, -0.15) is 0 Å². The SMILES string of the molecule is CC1CCC(C)N1C(=O)CCC1(c2ccc(Cl)cc2)c2cc(O)ccc2-c2nccn21.CC1CCC(C)N1C(=O)CCC1(c2ccc(Cl)cc2)c2cc(OCCN(C)C)ccc2-c2nccn21.CCCOc1ccc2c(c1)C(CCC(=O)N1C(C)CCC1C)(c1ccc(Cl)cc1)n1ccnc1-2.CN(C)CCO. The van der Waals surface area contributed by atoms with Gasteiger partial charge in [-0.3, -0.25) is 14.4 Å². The predicted molar refractivity (Wildman–Crippen MR) is 426 cm³/mol. The second-order valence-corrected chi connectivity index (χ2v) is 31.7. The van der Waals surface area contributed by atoms with Crippen LogP contribution in [-0.2, 0) is 31.0 Å². The lowest BCUT2D eigenvalue weighted by Crippen LogP contribution is -2.40. The number of likely N-dealkylation sites (N-methyl/N-ethyl adjacent to an activating group) is 2. The summed E-state index contributed by atoms with van der Waals surface area (Å²) in [4.78, 5) is 64.6. The predicted octanol–water partition coefficient (Wildman–Crippen LogP) is 16.4. The minimum Gasteiger partial charge on any atom is -0.508 e. The molecule has 3 fully saturated rings. The van der Waals surface area contributed by atoms with E-state index < -0.39 is 16.6 Å². The van der Waals surface area contributed by atoms with Crippen LogP contribution < -0.4 is 9.47 Å². The molecule has 0 spiro atoms. The van der Waals surface area contributed by atoms with Crippen molar-refractivity contribution in [2.75, 3.05) is 61.1 Å². The average molecular weight is 1510 g/mol. The van der Waals surface area contributed by atoms with Gasteiger partial charge >= 0.3 is 0 Å². The highest BCUT2D eigenvalue weighted by molar-refractivity contribution is 6.31. The van der Waals surface area contributed by atoms with Gasteiger partial charge in [-0.15, -0.1) is 0 Å². The van der Waals surface area contributed by atoms with Gasteiger partial charge in [0.25, 0.3) is 0 Å². The number of carbonyl (C=O) groups excluding carboxylic acids is 3. The summed E-state index contributed by atoms with van der Waals surface area (Å²) in [5.74, 6) is 5.18. The molecule has 6 aliphatic heterocycles. The highest BCUT2D eigenvalue weighted by atomic mass is 35.5. The summed E-state index contributed by atoms with van der Waals surface area (Å²) in [5, 5.41) is 20.6. The van der Waals surface area contributed by atoms with E-state index in [2.05, 4.69) is 130 Å². The number of aromatic nitrogens is 6. The molecule has 566 valence electrons. The van der Waals surface area contributed by atoms with Crippen LogP contribution in [0.4, 0.5) is 0 Å². The van der Waals surface area contributed by atoms with Crippen molar-refractivity contribution in [1.82, 2.24) is 53.2 Å². The van der Waals surface area contributed by atoms with Crippen molar-refractivity contribution in [3.05, 3.63) is 213 Å². The van der Waals surface area contributed by atoms with Crippen LogP contribution in [0.1, 0.15) is 165 Å². The molecule has 107 heavy (non-hydrogen) atoms. The Morgan fingerprint density at radius 1 is 0.449 bits per heavy atom. The number of aliphatic hydroxyl groups is 1. The largest absolute Gasteiger partial charge is 0.508 e. The standard InChI is InChI=1S/C29H35ClN4O2.C28H32ClN3O2.C25H26ClN3O2.C4H11NO/c1-20-5-6-21(2)34(20)27(35)13-14-29(22-7-9-23(30)10-8-22)26-19-24(36-18-17-32(3)4)11-12-25(26)28-31-15-16-33(28)29;1-4-17-34-23-11-12-24-25(18-23)28(31-16-15-30-27(24)31,21-7-9-22(29)10-8-21)14-13-26(33)32-19(2)5-6-20(32)3;1-16-3-4-17(2)29(16)23(31)11-12-25(18-5-7-19(26)8-6-18)22-15-20(30)9-10-21(22)24-27-13-14-28(24)25;1-5(2)3-4-6/h7-12,15-16,19-21H,5-6,13-14,17-18H2,1-4H3;7-12,15-16,18-20H,4-6,13-14,17H2,1-3H3;5-10,13-17,30H,3-4,11-12H2,1-2H3;6H,3-4H2,1-2H3. The number of hydrogen-bond acceptors (Lipinski definition) is 12. The second kappa shape index (κ2) is 33.6. The van der Waals surface area contributed by atoms with Crippen LogP contribution in [-0.4, -0.2) is 178 Å². The number of ether oxygens (including phenoxy) is 2. The summed E-state index contributed by atoms with van der Waals surface area (Å²) in [6.07, 6.45) is 22.0. The van der Waals surface area contributed by atoms with Crippen LogP contribution in [0, 0.1) is 0 Å². The lowest BCUT2D eigenvalue weighted by molar-refractivity contribution is -0.134. The van der Waals surface area contributed by atoms with Crippen LogP contribution in [0.15, 0.2) is 165 Å². The fourth-order valence-electron chi connectivity index (χ4n) is 17.5. The van der Waals surface area contributed by atoms with E-state index in [1.165, 1.54) is 0 Å². The monoisotopic (exact) mass is 1510 g/mol. The Bertz CT molecular complexity index is 4530. The quantitative estimate of drug-likeness (QED) is 0.0696. The van der Waals surface area contributed by atoms with Crippen LogP contribution in [0.5, 0.6) is 17.2 Å². The van der Waals surface area contributed by atoms with Crippen LogP contribution in [0.3, 0.4) is 0 Å². The Hall–Kier alpha value is -8.49. The Labute approximate surface area is 646 Å². The molecular weight excluding hydrogens is 1410 g/mol. The van der Waals surface area contributed by atoms with Crippen molar-refractivity contribution >= 4 is 52.5 Å². The fourth-order valence-corrected chi connectivity index (χ4v) is 17.9. The second-order valence-electron chi connectivity index (χ2n) is 30.4. The van der Waals surface area contributed by atoms with Gasteiger partial charge in [-0.25, -0.2) is 15.0 Å². The molecule has 3 saturated heterocycles. The minimum atomic E-state index is -0.633. The number of hydrogen-bond donors (Lipinski definition) is 2. The number of amides is 3. The highest BCUT2D eigenvalue weighted by Crippen LogP contribution is 2.55. The van der Waals surface area contributed by atoms with E-state index in [0.717, 1.165) is 137 Å². The fraction of sp³-hybridized carbons (Fsp3) is 0.442. The van der Waals surface area contributed by atoms with E-state index in [0.29, 0.717) is 78.9 Å². The van der Waals surface area contributed by atoms with Gasteiger partial charge in [-0.1, -0.05) is 78.1 Å². The Balaban J connectivity index is 0.000000145. The summed E-state index contributed by atoms with van der Waals surface area (Å²) in [5.41, 5.74) is 7.79. The lowest BCUT2D eigenvalue weighted by Gasteiger charge is -2.35. The van der Waals surface area contributed by atoms with Gasteiger partial charge in [0.15, 0.2) is 0 Å². The van der Waals surface area contributed by atoms with Crippen LogP contribution in [0.2, 0.25) is 15.1 Å². The maximum atomic E-state index is 13.5. The van der Waals surface area contributed by atoms with Crippen molar-refractivity contribution < 1.29 is 34.1 Å². The van der Waals surface area contributed by atoms with Crippen molar-refractivity contribution in [3.8, 4) is 51.4 Å². The van der Waals surface area contributed by atoms with Crippen LogP contribution >= 0.6 is 34.8 Å². The van der Waals surface area contributed by atoms with E-state index in [4.69, 9.17) is 59.4 Å². The third-order valence-electron chi connectivity index (χ3n) is 22.8. The first-order valence-electron chi connectivity index (χ1n) is 38.1. The summed E-state index contributed by atoms with van der Waals surface area (Å²) in [6, 6.07) is 43.4. The maximum Gasteiger partial charge on any atom is 0.223 e. The molecule has 0 saturated carbocycles. The molecular formula is C86H104Cl3N11O7. The third-order valence-corrected chi connectivity index (χ3v) is 23.6. The highest BCUT2D eigenvalue weighted by Gasteiger charge is 2.50. The zero-order chi connectivity index (χ0) is 76.1. The molecule has 9 unspecified atom stereocenters. The van der Waals surface area contributed by atoms with E-state index in [1.807, 2.05) is 142 Å². The topological polar surface area (TPSA) is 180 Å². The number of likely N-dealkylation sites (tertiary alicyclic amines) is 3. The molecule has 21 heteroatoms. The molecule has 0 bridgehead atoms. The molecule has 3 aromatic heterocycles. The summed E-state index contributed by atoms with van der Waals surface area (Å²) in [7, 11) is 7.93. The van der Waals surface area contributed by atoms with Gasteiger partial charge in [0.05, 0.1) is 29.8 Å². The van der Waals surface area contributed by atoms with Gasteiger partial charge in [0.1, 0.15) is 41.3 Å². The zero-order valence-corrected chi connectivity index (χ0v) is 66.0. The lowest BCUT2D eigenvalue weighted by atomic mass is 9.79. The van der Waals surface area contributed by atoms with Crippen molar-refractivity contribution in [1.29, 1.82) is 0 Å². The zero-order valence-electron chi connectivity index (χ0n) is 63.8. The van der Waals surface area contributed by atoms with Gasteiger partial charge in [0, 0.05) is 138 Å². The molecule has 9 atom stereocenters. The number of nitrogens with zero attached hydrogens (tertiary/aromatic N) is 11. The van der Waals surface area contributed by atoms with Gasteiger partial charge < -0.3 is 57.9 Å². The van der Waals surface area contributed by atoms with E-state index in [-0.39, 0.29) is 54.2 Å². The number of phenolic OH excluding ortho intramolecular Hbond substituents is 1. The number of rotatable bonds is 21. The van der Waals surface area contributed by atoms with E-state index >= 15 is 0 Å². The smallest absolute Gasteiger partial charge is 0.223 e. The maximum absolute atomic E-state index is 13.5. The molecule has 6 aliphatic rings. The Morgan fingerprint density at radius 2 is 0.757 bits per heavy atom. The van der Waals surface area contributed by atoms with Gasteiger partial charge in [0.2, 0.25) is 17.7 Å². The molecule has 9 heterocycles. The number of carbonyl (C=O) groups is 3. The molecule has 2 N–H and O–H groups in total. The minimum absolute atomic E-state index is 0.182. The van der Waals surface area contributed by atoms with Crippen molar-refractivity contribution in [2.45, 2.75) is 185 Å². The van der Waals surface area contributed by atoms with E-state index in [9.17, 15) is 19.5 Å². The van der Waals surface area contributed by atoms with E-state index in [1.54, 1.807) is 12.3 Å². The normalized spacial score (nSPS) is 22.6. The first-order chi connectivity index (χ1) is 51.4. The number of halogens is 3. The summed E-state index contributed by atoms with van der Waals surface area (Å²) < 4.78 is 18.8. The average Bonchev–Trinajstić information content (AvgIpc) is 1.57. The first-order valence-corrected chi connectivity index (χ1v) is 39.2. The molecule has 0 aliphatic carbocycles. The van der Waals surface area contributed by atoms with Crippen LogP contribution in [0.25, 0.3) is 34.2 Å². The molecule has 18 nitrogen and oxygen atoms in total. The summed E-state index contributed by atoms with van der Waals surface area (Å²) in [6.45, 7) is 18.1. The Morgan fingerprint density at radius 3 is 1.06 bits per heavy atom. The molecule has 15 rings (SSSR count). The Kier molecular flexibility index (Phi) is 24.5. The number of aliphatic hydroxyl groups excluding tert-OH is 1.